The minimum absolute atomic E-state index is 0.0248. The lowest BCUT2D eigenvalue weighted by atomic mass is 9.48. The fourth-order valence-electron chi connectivity index (χ4n) is 8.18. The number of nitrogens with one attached hydrogen (secondary N) is 1. The summed E-state index contributed by atoms with van der Waals surface area (Å²) in [4.78, 5) is 20.6. The van der Waals surface area contributed by atoms with E-state index in [4.69, 9.17) is 4.74 Å². The van der Waals surface area contributed by atoms with Gasteiger partial charge in [0.2, 0.25) is 0 Å². The summed E-state index contributed by atoms with van der Waals surface area (Å²) in [7, 11) is 0. The van der Waals surface area contributed by atoms with Crippen LogP contribution in [0.15, 0.2) is 48.7 Å². The zero-order valence-corrected chi connectivity index (χ0v) is 20.7. The van der Waals surface area contributed by atoms with E-state index in [2.05, 4.69) is 15.2 Å². The van der Waals surface area contributed by atoms with E-state index in [1.807, 2.05) is 36.4 Å². The number of nitrogens with zero attached hydrogens (tertiary/aromatic N) is 2. The third kappa shape index (κ3) is 2.84. The first-order chi connectivity index (χ1) is 18.0. The van der Waals surface area contributed by atoms with Crippen LogP contribution < -0.4 is 10.1 Å². The quantitative estimate of drug-likeness (QED) is 0.512. The SMILES string of the molecule is O=C(N[C@@H]1CC[C@@]2(O)[C@H]3Cc4ccc(O)c5c4[C@@]2(CCN3CC2CC2)[C@H]1O5)c1cccc2ncccc12. The fraction of sp³-hybridized carbons (Fsp3) is 0.467. The fourth-order valence-corrected chi connectivity index (χ4v) is 8.18. The predicted octanol–water partition coefficient (Wildman–Crippen LogP) is 3.30. The van der Waals surface area contributed by atoms with Crippen molar-refractivity contribution < 1.29 is 19.7 Å². The normalized spacial score (nSPS) is 33.6. The molecule has 5 aliphatic rings. The molecular formula is C30H31N3O4. The molecule has 37 heavy (non-hydrogen) atoms. The Morgan fingerprint density at radius 3 is 2.89 bits per heavy atom. The number of fused-ring (bicyclic) bond motifs is 1. The molecule has 1 saturated heterocycles. The van der Waals surface area contributed by atoms with Crippen LogP contribution in [0.4, 0.5) is 0 Å². The molecule has 0 unspecified atom stereocenters. The van der Waals surface area contributed by atoms with Gasteiger partial charge in [-0.3, -0.25) is 14.7 Å². The molecule has 2 saturated carbocycles. The van der Waals surface area contributed by atoms with Gasteiger partial charge < -0.3 is 20.3 Å². The van der Waals surface area contributed by atoms with E-state index < -0.39 is 17.1 Å². The van der Waals surface area contributed by atoms with Crippen molar-refractivity contribution in [2.75, 3.05) is 13.1 Å². The summed E-state index contributed by atoms with van der Waals surface area (Å²) in [6.45, 7) is 1.94. The standard InChI is InChI=1S/C30H31N3O4/c34-23-9-8-18-15-24-30(36)11-10-22(32-28(35)20-3-1-5-21-19(20)4-2-13-31-21)27-29(30,25(18)26(23)37-27)12-14-33(24)16-17-6-7-17/h1-5,8-9,13,17,22,24,27,34,36H,6-7,10-12,14-16H2,(H,32,35)/t22-,24-,27+,29+,30-/m1/s1. The number of phenols is 1. The zero-order valence-electron chi connectivity index (χ0n) is 20.7. The third-order valence-corrected chi connectivity index (χ3v) is 9.97. The Morgan fingerprint density at radius 1 is 1.14 bits per heavy atom. The molecule has 3 heterocycles. The average molecular weight is 498 g/mol. The van der Waals surface area contributed by atoms with E-state index in [9.17, 15) is 15.0 Å². The largest absolute Gasteiger partial charge is 0.504 e. The lowest BCUT2D eigenvalue weighted by molar-refractivity contribution is -0.191. The number of aromatic hydroxyl groups is 1. The van der Waals surface area contributed by atoms with Gasteiger partial charge in [-0.1, -0.05) is 18.2 Å². The summed E-state index contributed by atoms with van der Waals surface area (Å²) in [5, 5.41) is 27.5. The highest BCUT2D eigenvalue weighted by Gasteiger charge is 2.73. The van der Waals surface area contributed by atoms with Crippen LogP contribution >= 0.6 is 0 Å². The van der Waals surface area contributed by atoms with Gasteiger partial charge in [0.05, 0.1) is 22.6 Å². The van der Waals surface area contributed by atoms with Crippen molar-refractivity contribution in [3.8, 4) is 11.5 Å². The van der Waals surface area contributed by atoms with Crippen LogP contribution in [0, 0.1) is 5.92 Å². The summed E-state index contributed by atoms with van der Waals surface area (Å²) in [5.74, 6) is 1.21. The first kappa shape index (κ1) is 21.9. The Morgan fingerprint density at radius 2 is 2.03 bits per heavy atom. The number of pyridine rings is 1. The molecule has 7 nitrogen and oxygen atoms in total. The van der Waals surface area contributed by atoms with Crippen LogP contribution in [0.2, 0.25) is 0 Å². The summed E-state index contributed by atoms with van der Waals surface area (Å²) < 4.78 is 6.58. The molecule has 2 aliphatic heterocycles. The molecule has 3 N–H and O–H groups in total. The highest BCUT2D eigenvalue weighted by atomic mass is 16.5. The summed E-state index contributed by atoms with van der Waals surface area (Å²) in [6, 6.07) is 12.8. The van der Waals surface area contributed by atoms with Gasteiger partial charge in [-0.25, -0.2) is 0 Å². The summed E-state index contributed by atoms with van der Waals surface area (Å²) in [5.41, 5.74) is 1.91. The molecule has 1 amide bonds. The number of amides is 1. The number of hydrogen-bond acceptors (Lipinski definition) is 6. The number of hydrogen-bond donors (Lipinski definition) is 3. The van der Waals surface area contributed by atoms with Gasteiger partial charge in [-0.2, -0.15) is 0 Å². The van der Waals surface area contributed by atoms with E-state index in [1.165, 1.54) is 12.8 Å². The first-order valence-corrected chi connectivity index (χ1v) is 13.6. The molecule has 7 heteroatoms. The van der Waals surface area contributed by atoms with Crippen molar-refractivity contribution in [2.45, 2.75) is 67.7 Å². The number of benzene rings is 2. The van der Waals surface area contributed by atoms with Gasteiger partial charge in [0, 0.05) is 35.3 Å². The van der Waals surface area contributed by atoms with E-state index >= 15 is 0 Å². The van der Waals surface area contributed by atoms with Crippen molar-refractivity contribution in [3.63, 3.8) is 0 Å². The second kappa shape index (κ2) is 7.45. The van der Waals surface area contributed by atoms with E-state index in [0.29, 0.717) is 24.2 Å². The van der Waals surface area contributed by atoms with E-state index in [1.54, 1.807) is 12.3 Å². The minimum Gasteiger partial charge on any atom is -0.504 e. The highest BCUT2D eigenvalue weighted by molar-refractivity contribution is 6.06. The van der Waals surface area contributed by atoms with Crippen molar-refractivity contribution in [1.29, 1.82) is 0 Å². The van der Waals surface area contributed by atoms with Gasteiger partial charge in [0.1, 0.15) is 6.10 Å². The number of carbonyl (C=O) groups excluding carboxylic acids is 1. The number of rotatable bonds is 4. The van der Waals surface area contributed by atoms with Crippen LogP contribution in [0.1, 0.15) is 53.6 Å². The average Bonchev–Trinajstić information content (AvgIpc) is 3.65. The topological polar surface area (TPSA) is 94.9 Å². The molecular weight excluding hydrogens is 466 g/mol. The van der Waals surface area contributed by atoms with Crippen molar-refractivity contribution in [3.05, 3.63) is 65.4 Å². The summed E-state index contributed by atoms with van der Waals surface area (Å²) >= 11 is 0. The minimum atomic E-state index is -0.957. The molecule has 8 rings (SSSR count). The monoisotopic (exact) mass is 497 g/mol. The molecule has 2 aromatic carbocycles. The van der Waals surface area contributed by atoms with E-state index in [-0.39, 0.29) is 23.7 Å². The molecule has 1 aromatic heterocycles. The molecule has 2 bridgehead atoms. The number of aromatic nitrogens is 1. The molecule has 5 atom stereocenters. The number of piperidine rings is 1. The van der Waals surface area contributed by atoms with Gasteiger partial charge in [0.25, 0.3) is 5.91 Å². The third-order valence-electron chi connectivity index (χ3n) is 9.97. The maximum absolute atomic E-state index is 13.6. The van der Waals surface area contributed by atoms with Crippen LogP contribution in [0.25, 0.3) is 10.9 Å². The Bertz CT molecular complexity index is 1450. The van der Waals surface area contributed by atoms with Gasteiger partial charge in [-0.05, 0) is 80.8 Å². The van der Waals surface area contributed by atoms with Gasteiger partial charge in [0.15, 0.2) is 11.5 Å². The Labute approximate surface area is 215 Å². The number of phenolic OH excluding ortho intramolecular Hbond substituents is 1. The zero-order chi connectivity index (χ0) is 24.9. The molecule has 0 radical (unpaired) electrons. The van der Waals surface area contributed by atoms with Crippen LogP contribution in [0.3, 0.4) is 0 Å². The van der Waals surface area contributed by atoms with Crippen molar-refractivity contribution in [1.82, 2.24) is 15.2 Å². The second-order valence-corrected chi connectivity index (χ2v) is 11.8. The predicted molar refractivity (Wildman–Crippen MR) is 138 cm³/mol. The smallest absolute Gasteiger partial charge is 0.252 e. The number of aliphatic hydroxyl groups is 1. The maximum atomic E-state index is 13.6. The van der Waals surface area contributed by atoms with Gasteiger partial charge in [-0.15, -0.1) is 0 Å². The Hall–Kier alpha value is -3.16. The summed E-state index contributed by atoms with van der Waals surface area (Å²) in [6.07, 6.45) is 6.60. The van der Waals surface area contributed by atoms with E-state index in [0.717, 1.165) is 53.9 Å². The van der Waals surface area contributed by atoms with Crippen molar-refractivity contribution >= 4 is 16.8 Å². The maximum Gasteiger partial charge on any atom is 0.252 e. The number of ether oxygens (including phenoxy) is 1. The Kier molecular flexibility index (Phi) is 4.41. The van der Waals surface area contributed by atoms with Crippen LogP contribution in [0.5, 0.6) is 11.5 Å². The lowest BCUT2D eigenvalue weighted by Crippen LogP contribution is -2.78. The highest BCUT2D eigenvalue weighted by Crippen LogP contribution is 2.65. The molecule has 190 valence electrons. The first-order valence-electron chi connectivity index (χ1n) is 13.6. The second-order valence-electron chi connectivity index (χ2n) is 11.8. The Balaban J connectivity index is 1.20. The molecule has 3 aliphatic carbocycles. The molecule has 3 fully saturated rings. The number of likely N-dealkylation sites (tertiary alicyclic amines) is 1. The molecule has 3 aromatic rings. The number of carbonyl (C=O) groups is 1. The van der Waals surface area contributed by atoms with Gasteiger partial charge >= 0.3 is 0 Å². The van der Waals surface area contributed by atoms with Crippen LogP contribution in [-0.4, -0.2) is 62.9 Å². The van der Waals surface area contributed by atoms with Crippen molar-refractivity contribution in [2.24, 2.45) is 5.92 Å². The van der Waals surface area contributed by atoms with Crippen LogP contribution in [-0.2, 0) is 11.8 Å². The lowest BCUT2D eigenvalue weighted by Gasteiger charge is -2.64. The molecule has 1 spiro atoms.